The first-order chi connectivity index (χ1) is 9.10. The van der Waals surface area contributed by atoms with E-state index in [0.29, 0.717) is 13.1 Å². The van der Waals surface area contributed by atoms with Crippen LogP contribution in [-0.4, -0.2) is 29.4 Å². The molecule has 0 unspecified atom stereocenters. The zero-order valence-corrected chi connectivity index (χ0v) is 11.5. The molecule has 0 radical (unpaired) electrons. The van der Waals surface area contributed by atoms with Gasteiger partial charge < -0.3 is 10.6 Å². The minimum absolute atomic E-state index is 0.0919. The number of anilines is 1. The summed E-state index contributed by atoms with van der Waals surface area (Å²) in [5, 5.41) is 4.21. The maximum absolute atomic E-state index is 12.0. The van der Waals surface area contributed by atoms with Crippen LogP contribution in [0, 0.1) is 5.92 Å². The molecule has 1 aromatic heterocycles. The highest BCUT2D eigenvalue weighted by Crippen LogP contribution is 2.20. The van der Waals surface area contributed by atoms with Gasteiger partial charge in [0.25, 0.3) is 5.56 Å². The van der Waals surface area contributed by atoms with Gasteiger partial charge in [0.2, 0.25) is 0 Å². The molecule has 1 aliphatic heterocycles. The van der Waals surface area contributed by atoms with Crippen LogP contribution in [0.3, 0.4) is 0 Å². The number of hydrogen-bond acceptors (Lipinski definition) is 4. The molecule has 0 amide bonds. The molecule has 1 aliphatic rings. The zero-order valence-electron chi connectivity index (χ0n) is 11.5. The van der Waals surface area contributed by atoms with Gasteiger partial charge >= 0.3 is 0 Å². The maximum Gasteiger partial charge on any atom is 0.269 e. The van der Waals surface area contributed by atoms with Crippen molar-refractivity contribution in [2.75, 3.05) is 24.5 Å². The van der Waals surface area contributed by atoms with E-state index >= 15 is 0 Å². The number of nitrogens with zero attached hydrogens (tertiary/aromatic N) is 3. The van der Waals surface area contributed by atoms with Gasteiger partial charge in [-0.05, 0) is 24.3 Å². The maximum atomic E-state index is 12.0. The number of hydrogen-bond donors (Lipinski definition) is 1. The van der Waals surface area contributed by atoms with Gasteiger partial charge in [0, 0.05) is 25.7 Å². The average Bonchev–Trinajstić information content (AvgIpc) is 2.41. The Bertz CT molecular complexity index is 500. The summed E-state index contributed by atoms with van der Waals surface area (Å²) in [5.41, 5.74) is 7.11. The Morgan fingerprint density at radius 3 is 2.79 bits per heavy atom. The topological polar surface area (TPSA) is 64.2 Å². The van der Waals surface area contributed by atoms with Crippen molar-refractivity contribution in [2.24, 2.45) is 11.7 Å². The molecule has 2 heterocycles. The van der Waals surface area contributed by atoms with Gasteiger partial charge in [0.05, 0.1) is 18.4 Å². The second kappa shape index (κ2) is 6.02. The highest BCUT2D eigenvalue weighted by molar-refractivity contribution is 5.43. The normalized spacial score (nSPS) is 16.6. The van der Waals surface area contributed by atoms with Crippen LogP contribution in [0.25, 0.3) is 0 Å². The third kappa shape index (κ3) is 3.44. The Hall–Kier alpha value is -1.62. The smallest absolute Gasteiger partial charge is 0.269 e. The molecule has 5 nitrogen and oxygen atoms in total. The average molecular weight is 262 g/mol. The largest absolute Gasteiger partial charge is 0.370 e. The Balaban J connectivity index is 2.10. The van der Waals surface area contributed by atoms with E-state index in [4.69, 9.17) is 5.73 Å². The van der Waals surface area contributed by atoms with Crippen molar-refractivity contribution in [3.8, 4) is 0 Å². The van der Waals surface area contributed by atoms with Gasteiger partial charge in [-0.1, -0.05) is 13.5 Å². The predicted octanol–water partition coefficient (Wildman–Crippen LogP) is 0.994. The zero-order chi connectivity index (χ0) is 13.8. The summed E-state index contributed by atoms with van der Waals surface area (Å²) < 4.78 is 1.41. The molecule has 104 valence electrons. The molecule has 2 rings (SSSR count). The van der Waals surface area contributed by atoms with Gasteiger partial charge in [-0.25, -0.2) is 4.68 Å². The van der Waals surface area contributed by atoms with Gasteiger partial charge in [-0.3, -0.25) is 4.79 Å². The van der Waals surface area contributed by atoms with Gasteiger partial charge in [-0.15, -0.1) is 0 Å². The summed E-state index contributed by atoms with van der Waals surface area (Å²) in [6.45, 7) is 8.84. The molecule has 5 heteroatoms. The van der Waals surface area contributed by atoms with E-state index in [-0.39, 0.29) is 5.56 Å². The van der Waals surface area contributed by atoms with Crippen LogP contribution in [0.1, 0.15) is 19.8 Å². The van der Waals surface area contributed by atoms with E-state index in [1.165, 1.54) is 17.5 Å². The van der Waals surface area contributed by atoms with E-state index in [2.05, 4.69) is 23.5 Å². The molecule has 1 saturated heterocycles. The number of piperidine rings is 1. The van der Waals surface area contributed by atoms with Crippen LogP contribution >= 0.6 is 0 Å². The molecular formula is C14H22N4O. The molecule has 19 heavy (non-hydrogen) atoms. The van der Waals surface area contributed by atoms with Gasteiger partial charge in [-0.2, -0.15) is 5.10 Å². The molecule has 0 atom stereocenters. The van der Waals surface area contributed by atoms with Gasteiger partial charge in [0.1, 0.15) is 0 Å². The Morgan fingerprint density at radius 1 is 1.53 bits per heavy atom. The van der Waals surface area contributed by atoms with Crippen LogP contribution in [0.5, 0.6) is 0 Å². The second-order valence-electron chi connectivity index (χ2n) is 5.33. The van der Waals surface area contributed by atoms with E-state index in [1.807, 2.05) is 0 Å². The highest BCUT2D eigenvalue weighted by Gasteiger charge is 2.16. The lowest BCUT2D eigenvalue weighted by molar-refractivity contribution is 0.437. The Morgan fingerprint density at radius 2 is 2.21 bits per heavy atom. The monoisotopic (exact) mass is 262 g/mol. The molecule has 0 spiro atoms. The predicted molar refractivity (Wildman–Crippen MR) is 77.3 cm³/mol. The third-order valence-electron chi connectivity index (χ3n) is 3.67. The minimum atomic E-state index is -0.0919. The Labute approximate surface area is 113 Å². The third-order valence-corrected chi connectivity index (χ3v) is 3.67. The van der Waals surface area contributed by atoms with Crippen LogP contribution in [0.4, 0.5) is 5.69 Å². The SMILES string of the molecule is C=C(CN)Cn1ncc(N2CCC(C)CC2)cc1=O. The van der Waals surface area contributed by atoms with Crippen molar-refractivity contribution in [3.05, 3.63) is 34.8 Å². The van der Waals surface area contributed by atoms with Crippen LogP contribution in [-0.2, 0) is 6.54 Å². The lowest BCUT2D eigenvalue weighted by atomic mass is 9.99. The van der Waals surface area contributed by atoms with Crippen molar-refractivity contribution >= 4 is 5.69 Å². The van der Waals surface area contributed by atoms with E-state index in [9.17, 15) is 4.79 Å². The van der Waals surface area contributed by atoms with Crippen molar-refractivity contribution in [1.29, 1.82) is 0 Å². The fourth-order valence-corrected chi connectivity index (χ4v) is 2.26. The lowest BCUT2D eigenvalue weighted by Crippen LogP contribution is -2.34. The summed E-state index contributed by atoms with van der Waals surface area (Å²) in [7, 11) is 0. The molecule has 0 aliphatic carbocycles. The van der Waals surface area contributed by atoms with E-state index < -0.39 is 0 Å². The summed E-state index contributed by atoms with van der Waals surface area (Å²) in [5.74, 6) is 0.775. The lowest BCUT2D eigenvalue weighted by Gasteiger charge is -2.31. The molecule has 0 aromatic carbocycles. The quantitative estimate of drug-likeness (QED) is 0.822. The van der Waals surface area contributed by atoms with Crippen LogP contribution in [0.2, 0.25) is 0 Å². The molecule has 2 N–H and O–H groups in total. The number of aromatic nitrogens is 2. The number of rotatable bonds is 4. The molecule has 0 bridgehead atoms. The van der Waals surface area contributed by atoms with Crippen LogP contribution < -0.4 is 16.2 Å². The summed E-state index contributed by atoms with van der Waals surface area (Å²) in [6.07, 6.45) is 4.11. The van der Waals surface area contributed by atoms with Gasteiger partial charge in [0.15, 0.2) is 0 Å². The summed E-state index contributed by atoms with van der Waals surface area (Å²) in [6, 6.07) is 1.66. The highest BCUT2D eigenvalue weighted by atomic mass is 16.1. The van der Waals surface area contributed by atoms with Crippen molar-refractivity contribution < 1.29 is 0 Å². The first-order valence-corrected chi connectivity index (χ1v) is 6.79. The van der Waals surface area contributed by atoms with Crippen molar-refractivity contribution in [1.82, 2.24) is 9.78 Å². The minimum Gasteiger partial charge on any atom is -0.370 e. The van der Waals surface area contributed by atoms with Crippen LogP contribution in [0.15, 0.2) is 29.2 Å². The fraction of sp³-hybridized carbons (Fsp3) is 0.571. The number of nitrogens with two attached hydrogens (primary N) is 1. The molecule has 0 saturated carbocycles. The molecule has 1 aromatic rings. The standard InChI is InChI=1S/C14H22N4O/c1-11-3-5-17(6-4-11)13-7-14(19)18(16-9-13)10-12(2)8-15/h7,9,11H,2-6,8,10,15H2,1H3. The van der Waals surface area contributed by atoms with E-state index in [0.717, 1.165) is 30.3 Å². The van der Waals surface area contributed by atoms with E-state index in [1.54, 1.807) is 12.3 Å². The molecular weight excluding hydrogens is 240 g/mol. The first kappa shape index (κ1) is 13.8. The molecule has 1 fully saturated rings. The second-order valence-corrected chi connectivity index (χ2v) is 5.33. The summed E-state index contributed by atoms with van der Waals surface area (Å²) >= 11 is 0. The first-order valence-electron chi connectivity index (χ1n) is 6.79. The summed E-state index contributed by atoms with van der Waals surface area (Å²) in [4.78, 5) is 14.2. The Kier molecular flexibility index (Phi) is 4.37. The van der Waals surface area contributed by atoms with Crippen molar-refractivity contribution in [3.63, 3.8) is 0 Å². The van der Waals surface area contributed by atoms with Crippen molar-refractivity contribution in [2.45, 2.75) is 26.3 Å². The fourth-order valence-electron chi connectivity index (χ4n) is 2.26.